The molecule has 2 N–H and O–H groups in total. The molecule has 104 valence electrons. The van der Waals surface area contributed by atoms with Gasteiger partial charge in [0.2, 0.25) is 5.91 Å². The highest BCUT2D eigenvalue weighted by atomic mass is 19.4. The number of carbonyl (C=O) groups is 1. The Balaban J connectivity index is 1.88. The molecule has 4 nitrogen and oxygen atoms in total. The Morgan fingerprint density at radius 2 is 2.11 bits per heavy atom. The number of rotatable bonds is 5. The molecule has 1 fully saturated rings. The summed E-state index contributed by atoms with van der Waals surface area (Å²) in [6.07, 6.45) is -2.62. The van der Waals surface area contributed by atoms with Crippen LogP contribution in [0.4, 0.5) is 18.9 Å². The highest BCUT2D eigenvalue weighted by Gasteiger charge is 2.31. The number of carbonyl (C=O) groups excluding carboxylic acids is 1. The van der Waals surface area contributed by atoms with Gasteiger partial charge in [-0.1, -0.05) is 6.07 Å². The molecule has 0 bridgehead atoms. The van der Waals surface area contributed by atoms with Crippen molar-refractivity contribution in [1.29, 1.82) is 0 Å². The average molecular weight is 274 g/mol. The van der Waals surface area contributed by atoms with Crippen LogP contribution < -0.4 is 15.4 Å². The maximum atomic E-state index is 12.0. The maximum absolute atomic E-state index is 12.0. The third-order valence-corrected chi connectivity index (χ3v) is 2.48. The quantitative estimate of drug-likeness (QED) is 0.866. The normalized spacial score (nSPS) is 15.1. The summed E-state index contributed by atoms with van der Waals surface area (Å²) in [5, 5.41) is 5.51. The summed E-state index contributed by atoms with van der Waals surface area (Å²) in [5.41, 5.74) is 0.268. The van der Waals surface area contributed by atoms with Gasteiger partial charge in [0.05, 0.1) is 6.54 Å². The van der Waals surface area contributed by atoms with Crippen molar-refractivity contribution in [2.75, 3.05) is 11.9 Å². The van der Waals surface area contributed by atoms with E-state index in [4.69, 9.17) is 0 Å². The summed E-state index contributed by atoms with van der Waals surface area (Å²) in [6, 6.07) is 5.57. The van der Waals surface area contributed by atoms with Crippen LogP contribution in [-0.2, 0) is 4.79 Å². The van der Waals surface area contributed by atoms with Crippen molar-refractivity contribution >= 4 is 11.6 Å². The van der Waals surface area contributed by atoms with Crippen molar-refractivity contribution < 1.29 is 22.7 Å². The zero-order valence-electron chi connectivity index (χ0n) is 9.96. The van der Waals surface area contributed by atoms with Crippen molar-refractivity contribution in [2.45, 2.75) is 25.2 Å². The molecule has 0 atom stereocenters. The summed E-state index contributed by atoms with van der Waals surface area (Å²) >= 11 is 0. The molecule has 0 aliphatic heterocycles. The molecule has 0 unspecified atom stereocenters. The SMILES string of the molecule is O=C(CNC1CC1)Nc1cccc(OC(F)(F)F)c1. The molecule has 1 aliphatic carbocycles. The number of hydrogen-bond acceptors (Lipinski definition) is 3. The summed E-state index contributed by atoms with van der Waals surface area (Å²) in [5.74, 6) is -0.656. The summed E-state index contributed by atoms with van der Waals surface area (Å²) in [7, 11) is 0. The van der Waals surface area contributed by atoms with Gasteiger partial charge in [-0.15, -0.1) is 13.2 Å². The maximum Gasteiger partial charge on any atom is 0.573 e. The lowest BCUT2D eigenvalue weighted by Crippen LogP contribution is -2.29. The number of ether oxygens (including phenoxy) is 1. The zero-order chi connectivity index (χ0) is 13.9. The lowest BCUT2D eigenvalue weighted by Gasteiger charge is -2.10. The van der Waals surface area contributed by atoms with Crippen LogP contribution in [0.3, 0.4) is 0 Å². The molecule has 1 aromatic rings. The van der Waals surface area contributed by atoms with Crippen LogP contribution in [-0.4, -0.2) is 24.9 Å². The standard InChI is InChI=1S/C12H13F3N2O2/c13-12(14,15)19-10-3-1-2-9(6-10)17-11(18)7-16-8-4-5-8/h1-3,6,8,16H,4-5,7H2,(H,17,18). The molecule has 0 saturated heterocycles. The molecular weight excluding hydrogens is 261 g/mol. The topological polar surface area (TPSA) is 50.4 Å². The minimum absolute atomic E-state index is 0.148. The van der Waals surface area contributed by atoms with Gasteiger partial charge in [0.1, 0.15) is 5.75 Å². The van der Waals surface area contributed by atoms with Crippen LogP contribution in [0.15, 0.2) is 24.3 Å². The summed E-state index contributed by atoms with van der Waals surface area (Å²) in [6.45, 7) is 0.148. The van der Waals surface area contributed by atoms with Crippen molar-refractivity contribution in [2.24, 2.45) is 0 Å². The van der Waals surface area contributed by atoms with Crippen molar-refractivity contribution in [3.8, 4) is 5.75 Å². The van der Waals surface area contributed by atoms with E-state index in [1.165, 1.54) is 18.2 Å². The molecule has 1 amide bonds. The molecule has 0 radical (unpaired) electrons. The first-order valence-electron chi connectivity index (χ1n) is 5.81. The highest BCUT2D eigenvalue weighted by molar-refractivity contribution is 5.92. The molecule has 1 aromatic carbocycles. The zero-order valence-corrected chi connectivity index (χ0v) is 9.96. The molecule has 1 aliphatic rings. The molecule has 7 heteroatoms. The van der Waals surface area contributed by atoms with E-state index in [0.717, 1.165) is 18.9 Å². The van der Waals surface area contributed by atoms with Gasteiger partial charge in [0, 0.05) is 17.8 Å². The van der Waals surface area contributed by atoms with Gasteiger partial charge in [-0.3, -0.25) is 4.79 Å². The predicted molar refractivity (Wildman–Crippen MR) is 62.8 cm³/mol. The van der Waals surface area contributed by atoms with E-state index in [0.29, 0.717) is 6.04 Å². The highest BCUT2D eigenvalue weighted by Crippen LogP contribution is 2.25. The fourth-order valence-corrected chi connectivity index (χ4v) is 1.50. The second kappa shape index (κ2) is 5.48. The van der Waals surface area contributed by atoms with Crippen LogP contribution in [0, 0.1) is 0 Å². The second-order valence-electron chi connectivity index (χ2n) is 4.28. The van der Waals surface area contributed by atoms with Crippen LogP contribution in [0.25, 0.3) is 0 Å². The van der Waals surface area contributed by atoms with Gasteiger partial charge in [-0.05, 0) is 25.0 Å². The first-order valence-corrected chi connectivity index (χ1v) is 5.81. The largest absolute Gasteiger partial charge is 0.573 e. The van der Waals surface area contributed by atoms with E-state index < -0.39 is 6.36 Å². The van der Waals surface area contributed by atoms with E-state index in [1.807, 2.05) is 0 Å². The number of nitrogens with one attached hydrogen (secondary N) is 2. The Kier molecular flexibility index (Phi) is 3.94. The smallest absolute Gasteiger partial charge is 0.406 e. The van der Waals surface area contributed by atoms with Crippen LogP contribution >= 0.6 is 0 Å². The second-order valence-corrected chi connectivity index (χ2v) is 4.28. The van der Waals surface area contributed by atoms with Gasteiger partial charge in [-0.25, -0.2) is 0 Å². The van der Waals surface area contributed by atoms with Gasteiger partial charge in [0.25, 0.3) is 0 Å². The Labute approximate surface area is 107 Å². The van der Waals surface area contributed by atoms with Crippen LogP contribution in [0.1, 0.15) is 12.8 Å². The number of halogens is 3. The molecule has 0 spiro atoms. The van der Waals surface area contributed by atoms with Crippen LogP contribution in [0.2, 0.25) is 0 Å². The molecule has 1 saturated carbocycles. The lowest BCUT2D eigenvalue weighted by molar-refractivity contribution is -0.274. The first kappa shape index (κ1) is 13.7. The minimum Gasteiger partial charge on any atom is -0.406 e. The number of amides is 1. The fraction of sp³-hybridized carbons (Fsp3) is 0.417. The monoisotopic (exact) mass is 274 g/mol. The van der Waals surface area contributed by atoms with Gasteiger partial charge in [0.15, 0.2) is 0 Å². The first-order chi connectivity index (χ1) is 8.92. The Hall–Kier alpha value is -1.76. The molecule has 0 aromatic heterocycles. The van der Waals surface area contributed by atoms with Gasteiger partial charge >= 0.3 is 6.36 Å². The Bertz CT molecular complexity index is 459. The van der Waals surface area contributed by atoms with E-state index >= 15 is 0 Å². The van der Waals surface area contributed by atoms with E-state index in [9.17, 15) is 18.0 Å². The molecule has 0 heterocycles. The molecule has 2 rings (SSSR count). The van der Waals surface area contributed by atoms with Gasteiger partial charge < -0.3 is 15.4 Å². The molecule has 19 heavy (non-hydrogen) atoms. The number of alkyl halides is 3. The number of anilines is 1. The Morgan fingerprint density at radius 3 is 2.74 bits per heavy atom. The van der Waals surface area contributed by atoms with Crippen molar-refractivity contribution in [3.63, 3.8) is 0 Å². The predicted octanol–water partition coefficient (Wildman–Crippen LogP) is 2.28. The van der Waals surface area contributed by atoms with E-state index in [-0.39, 0.29) is 23.9 Å². The van der Waals surface area contributed by atoms with Crippen LogP contribution in [0.5, 0.6) is 5.75 Å². The lowest BCUT2D eigenvalue weighted by atomic mass is 10.3. The average Bonchev–Trinajstić information content (AvgIpc) is 3.08. The number of hydrogen-bond donors (Lipinski definition) is 2. The minimum atomic E-state index is -4.74. The number of benzene rings is 1. The Morgan fingerprint density at radius 1 is 1.37 bits per heavy atom. The van der Waals surface area contributed by atoms with Crippen molar-refractivity contribution in [1.82, 2.24) is 5.32 Å². The molecular formula is C12H13F3N2O2. The fourth-order valence-electron chi connectivity index (χ4n) is 1.50. The van der Waals surface area contributed by atoms with E-state index in [1.54, 1.807) is 0 Å². The van der Waals surface area contributed by atoms with Crippen molar-refractivity contribution in [3.05, 3.63) is 24.3 Å². The third-order valence-electron chi connectivity index (χ3n) is 2.48. The third kappa shape index (κ3) is 5.17. The summed E-state index contributed by atoms with van der Waals surface area (Å²) < 4.78 is 39.9. The van der Waals surface area contributed by atoms with Gasteiger partial charge in [-0.2, -0.15) is 0 Å². The summed E-state index contributed by atoms with van der Waals surface area (Å²) in [4.78, 5) is 11.5. The van der Waals surface area contributed by atoms with E-state index in [2.05, 4.69) is 15.4 Å².